The summed E-state index contributed by atoms with van der Waals surface area (Å²) in [4.78, 5) is 0. The van der Waals surface area contributed by atoms with Crippen LogP contribution in [0.1, 0.15) is 94.7 Å². The first kappa shape index (κ1) is 20.3. The Morgan fingerprint density at radius 2 is 2.00 bits per heavy atom. The molecule has 0 radical (unpaired) electrons. The van der Waals surface area contributed by atoms with E-state index in [1.807, 2.05) is 0 Å². The quantitative estimate of drug-likeness (QED) is 0.560. The minimum atomic E-state index is 0.366. The molecule has 3 aliphatic rings. The van der Waals surface area contributed by atoms with Crippen molar-refractivity contribution >= 4 is 0 Å². The van der Waals surface area contributed by atoms with Crippen molar-refractivity contribution in [2.75, 3.05) is 13.2 Å². The molecule has 0 bridgehead atoms. The second-order valence-corrected chi connectivity index (χ2v) is 9.96. The Balaban J connectivity index is 1.59. The van der Waals surface area contributed by atoms with Gasteiger partial charge in [0.15, 0.2) is 0 Å². The van der Waals surface area contributed by atoms with Gasteiger partial charge >= 0.3 is 0 Å². The average Bonchev–Trinajstić information content (AvgIpc) is 3.04. The van der Waals surface area contributed by atoms with E-state index in [9.17, 15) is 5.11 Å². The van der Waals surface area contributed by atoms with Crippen molar-refractivity contribution in [3.63, 3.8) is 0 Å². The van der Waals surface area contributed by atoms with Crippen LogP contribution < -0.4 is 4.74 Å². The summed E-state index contributed by atoms with van der Waals surface area (Å²) >= 11 is 0. The highest BCUT2D eigenvalue weighted by Gasteiger charge is 2.54. The monoisotopic (exact) mass is 384 g/mol. The maximum Gasteiger partial charge on any atom is 0.122 e. The lowest BCUT2D eigenvalue weighted by molar-refractivity contribution is 0.0209. The molecule has 2 heteroatoms. The molecule has 0 amide bonds. The van der Waals surface area contributed by atoms with Gasteiger partial charge < -0.3 is 9.84 Å². The first-order valence-corrected chi connectivity index (χ1v) is 12.0. The van der Waals surface area contributed by atoms with Crippen LogP contribution >= 0.6 is 0 Å². The van der Waals surface area contributed by atoms with Crippen LogP contribution in [0.5, 0.6) is 5.75 Å². The molecule has 1 aromatic rings. The second-order valence-electron chi connectivity index (χ2n) is 9.96. The van der Waals surface area contributed by atoms with Crippen molar-refractivity contribution in [1.29, 1.82) is 0 Å². The maximum absolute atomic E-state index is 9.54. The van der Waals surface area contributed by atoms with Crippen LogP contribution in [0.2, 0.25) is 0 Å². The number of ether oxygens (including phenoxy) is 1. The summed E-state index contributed by atoms with van der Waals surface area (Å²) in [5.74, 6) is 4.36. The van der Waals surface area contributed by atoms with Crippen molar-refractivity contribution < 1.29 is 9.84 Å². The van der Waals surface area contributed by atoms with Gasteiger partial charge in [0.1, 0.15) is 5.75 Å². The van der Waals surface area contributed by atoms with Gasteiger partial charge in [0.2, 0.25) is 0 Å². The van der Waals surface area contributed by atoms with E-state index in [4.69, 9.17) is 4.74 Å². The smallest absolute Gasteiger partial charge is 0.122 e. The number of benzene rings is 1. The van der Waals surface area contributed by atoms with Crippen LogP contribution in [0.15, 0.2) is 12.1 Å². The third-order valence-electron chi connectivity index (χ3n) is 8.72. The Bertz CT molecular complexity index is 681. The zero-order valence-electron chi connectivity index (χ0n) is 18.3. The molecule has 0 spiro atoms. The summed E-state index contributed by atoms with van der Waals surface area (Å²) < 4.78 is 6.17. The number of hydrogen-bond donors (Lipinski definition) is 1. The zero-order chi connectivity index (χ0) is 19.7. The average molecular weight is 385 g/mol. The largest absolute Gasteiger partial charge is 0.493 e. The summed E-state index contributed by atoms with van der Waals surface area (Å²) in [6.07, 6.45) is 12.4. The molecule has 0 aliphatic heterocycles. The topological polar surface area (TPSA) is 29.5 Å². The lowest BCUT2D eigenvalue weighted by Crippen LogP contribution is -2.42. The summed E-state index contributed by atoms with van der Waals surface area (Å²) in [5.41, 5.74) is 5.11. The predicted octanol–water partition coefficient (Wildman–Crippen LogP) is 6.28. The van der Waals surface area contributed by atoms with Crippen molar-refractivity contribution in [1.82, 2.24) is 0 Å². The molecule has 28 heavy (non-hydrogen) atoms. The van der Waals surface area contributed by atoms with E-state index < -0.39 is 0 Å². The van der Waals surface area contributed by atoms with E-state index in [0.29, 0.717) is 12.0 Å². The Morgan fingerprint density at radius 1 is 1.14 bits per heavy atom. The van der Waals surface area contributed by atoms with Gasteiger partial charge in [-0.2, -0.15) is 0 Å². The fraction of sp³-hybridized carbons (Fsp3) is 0.769. The van der Waals surface area contributed by atoms with Gasteiger partial charge in [0, 0.05) is 6.61 Å². The number of aliphatic hydroxyl groups excluding tert-OH is 1. The molecule has 156 valence electrons. The van der Waals surface area contributed by atoms with Crippen molar-refractivity contribution in [2.24, 2.45) is 23.2 Å². The number of rotatable bonds is 7. The minimum absolute atomic E-state index is 0.366. The number of hydrogen-bond acceptors (Lipinski definition) is 2. The van der Waals surface area contributed by atoms with Gasteiger partial charge in [-0.25, -0.2) is 0 Å². The van der Waals surface area contributed by atoms with Gasteiger partial charge in [0.25, 0.3) is 0 Å². The Kier molecular flexibility index (Phi) is 6.06. The van der Waals surface area contributed by atoms with Crippen LogP contribution in [0.3, 0.4) is 0 Å². The molecular formula is C26H40O2. The van der Waals surface area contributed by atoms with E-state index in [-0.39, 0.29) is 0 Å². The molecule has 1 N–H and O–H groups in total. The molecule has 3 aliphatic carbocycles. The van der Waals surface area contributed by atoms with Gasteiger partial charge in [-0.15, -0.1) is 0 Å². The molecule has 0 saturated heterocycles. The molecule has 2 fully saturated rings. The van der Waals surface area contributed by atoms with Crippen LogP contribution in [0, 0.1) is 23.2 Å². The predicted molar refractivity (Wildman–Crippen MR) is 116 cm³/mol. The summed E-state index contributed by atoms with van der Waals surface area (Å²) in [6.45, 7) is 8.26. The van der Waals surface area contributed by atoms with E-state index in [0.717, 1.165) is 55.3 Å². The van der Waals surface area contributed by atoms with E-state index in [2.05, 4.69) is 32.9 Å². The van der Waals surface area contributed by atoms with Gasteiger partial charge in [-0.1, -0.05) is 33.3 Å². The molecule has 4 rings (SSSR count). The van der Waals surface area contributed by atoms with E-state index in [1.54, 1.807) is 11.1 Å². The standard InChI is InChI=1S/C26H40O2/c1-4-6-15-28-25-17-19-7-9-22-21(23(19)16-18(25)5-2)11-13-26(3)20(12-14-27)8-10-24(22)26/h16-17,20-22,24,27H,4-15H2,1-3H3/t20-,21+,22-,24+,26-/m1/s1. The second kappa shape index (κ2) is 8.38. The molecule has 0 aromatic heterocycles. The fourth-order valence-electron chi connectivity index (χ4n) is 7.12. The molecular weight excluding hydrogens is 344 g/mol. The Hall–Kier alpha value is -1.02. The SMILES string of the molecule is CCCCOc1cc2c(cc1CC)[C@H]1CC[C@]3(C)[C@@H](CCO)CC[C@H]3[C@@H]1CC2. The highest BCUT2D eigenvalue weighted by Crippen LogP contribution is 2.63. The number of unbranched alkanes of at least 4 members (excludes halogenated alkanes) is 1. The van der Waals surface area contributed by atoms with Gasteiger partial charge in [-0.3, -0.25) is 0 Å². The normalized spacial score (nSPS) is 33.9. The molecule has 2 saturated carbocycles. The van der Waals surface area contributed by atoms with Crippen molar-refractivity contribution in [2.45, 2.75) is 90.9 Å². The minimum Gasteiger partial charge on any atom is -0.493 e. The number of aryl methyl sites for hydroxylation is 2. The maximum atomic E-state index is 9.54. The van der Waals surface area contributed by atoms with Crippen LogP contribution in [-0.2, 0) is 12.8 Å². The first-order valence-electron chi connectivity index (χ1n) is 12.0. The third-order valence-corrected chi connectivity index (χ3v) is 8.72. The van der Waals surface area contributed by atoms with Gasteiger partial charge in [0.05, 0.1) is 6.61 Å². The lowest BCUT2D eigenvalue weighted by atomic mass is 9.54. The summed E-state index contributed by atoms with van der Waals surface area (Å²) in [6, 6.07) is 4.92. The van der Waals surface area contributed by atoms with Crippen LogP contribution in [0.4, 0.5) is 0 Å². The highest BCUT2D eigenvalue weighted by molar-refractivity contribution is 5.46. The Morgan fingerprint density at radius 3 is 2.75 bits per heavy atom. The van der Waals surface area contributed by atoms with Crippen molar-refractivity contribution in [3.05, 3.63) is 28.8 Å². The van der Waals surface area contributed by atoms with Crippen molar-refractivity contribution in [3.8, 4) is 5.75 Å². The van der Waals surface area contributed by atoms with E-state index >= 15 is 0 Å². The number of fused-ring (bicyclic) bond motifs is 5. The van der Waals surface area contributed by atoms with E-state index in [1.165, 1.54) is 50.5 Å². The molecule has 5 atom stereocenters. The molecule has 1 aromatic carbocycles. The fourth-order valence-corrected chi connectivity index (χ4v) is 7.12. The molecule has 2 nitrogen and oxygen atoms in total. The number of aliphatic hydroxyl groups is 1. The Labute approximate surface area is 172 Å². The van der Waals surface area contributed by atoms with Crippen LogP contribution in [0.25, 0.3) is 0 Å². The highest BCUT2D eigenvalue weighted by atomic mass is 16.5. The lowest BCUT2D eigenvalue weighted by Gasteiger charge is -2.51. The van der Waals surface area contributed by atoms with Gasteiger partial charge in [-0.05, 0) is 110 Å². The zero-order valence-corrected chi connectivity index (χ0v) is 18.3. The molecule has 0 unspecified atom stereocenters. The summed E-state index contributed by atoms with van der Waals surface area (Å²) in [7, 11) is 0. The van der Waals surface area contributed by atoms with Crippen LogP contribution in [-0.4, -0.2) is 18.3 Å². The summed E-state index contributed by atoms with van der Waals surface area (Å²) in [5, 5.41) is 9.54. The first-order chi connectivity index (χ1) is 13.6. The molecule has 0 heterocycles. The third kappa shape index (κ3) is 3.40.